The van der Waals surface area contributed by atoms with Crippen molar-refractivity contribution in [3.8, 4) is 0 Å². The Morgan fingerprint density at radius 1 is 0.355 bits per heavy atom. The number of nitrogens with one attached hydrogen (secondary N) is 2. The van der Waals surface area contributed by atoms with Gasteiger partial charge in [-0.3, -0.25) is 19.2 Å². The van der Waals surface area contributed by atoms with Crippen molar-refractivity contribution >= 4 is 71.2 Å². The average molecular weight is 1650 g/mol. The van der Waals surface area contributed by atoms with E-state index in [1.54, 1.807) is 13.8 Å². The van der Waals surface area contributed by atoms with Crippen LogP contribution in [0, 0.1) is 10.8 Å². The van der Waals surface area contributed by atoms with Crippen LogP contribution < -0.4 is 10.6 Å². The van der Waals surface area contributed by atoms with E-state index in [0.29, 0.717) is 168 Å². The summed E-state index contributed by atoms with van der Waals surface area (Å²) < 4.78 is 91.0. The van der Waals surface area contributed by atoms with Gasteiger partial charge in [-0.05, 0) is 190 Å². The van der Waals surface area contributed by atoms with Crippen LogP contribution in [0.1, 0.15) is 230 Å². The zero-order valence-electron chi connectivity index (χ0n) is 73.4. The van der Waals surface area contributed by atoms with Crippen LogP contribution in [0.25, 0.3) is 0 Å². The number of ether oxygens (including phenoxy) is 4. The van der Waals surface area contributed by atoms with E-state index in [1.165, 1.54) is 14.2 Å². The van der Waals surface area contributed by atoms with E-state index in [1.807, 2.05) is 121 Å². The van der Waals surface area contributed by atoms with Gasteiger partial charge in [0.05, 0.1) is 38.3 Å². The van der Waals surface area contributed by atoms with Gasteiger partial charge in [0, 0.05) is 154 Å². The Morgan fingerprint density at radius 2 is 0.591 bits per heavy atom. The molecule has 2 atom stereocenters. The van der Waals surface area contributed by atoms with Gasteiger partial charge in [0.2, 0.25) is 11.8 Å². The SMILES string of the molecule is C=C(C)COOCCNC(=O)OCC(C)(CC)C(=O)OC.C=C(C)COOCCNC(=O)OCC(C)(CC)C(=O)OC.CCO[Si](CCCC(=O)N(CCC[Si](OCC)(OCC)OCC)C(C)(C)CC)(OCC)OCC.CCO[Si](CCCC(=O)N(CCC[Si](OCC)(OCC)OCC)C(C)(C)CC)(OCC)OCC. The second kappa shape index (κ2) is 65.3. The van der Waals surface area contributed by atoms with Crippen molar-refractivity contribution < 1.29 is 120 Å². The van der Waals surface area contributed by atoms with Crippen LogP contribution in [0.15, 0.2) is 24.3 Å². The molecule has 0 fully saturated rings. The molecule has 0 aromatic carbocycles. The molecule has 2 unspecified atom stereocenters. The largest absolute Gasteiger partial charge is 0.500 e. The molecule has 4 amide bonds. The van der Waals surface area contributed by atoms with Crippen molar-refractivity contribution in [2.45, 2.75) is 266 Å². The lowest BCUT2D eigenvalue weighted by molar-refractivity contribution is -0.286. The quantitative estimate of drug-likeness (QED) is 0.0109. The minimum atomic E-state index is -2.74. The highest BCUT2D eigenvalue weighted by Gasteiger charge is 2.45. The lowest BCUT2D eigenvalue weighted by Gasteiger charge is -2.39. The normalized spacial score (nSPS) is 13.0. The minimum absolute atomic E-state index is 0.0466. The molecule has 0 aliphatic rings. The second-order valence-corrected chi connectivity index (χ2v) is 38.1. The Balaban J connectivity index is -0.000000698. The van der Waals surface area contributed by atoms with E-state index in [9.17, 15) is 28.8 Å². The second-order valence-electron chi connectivity index (χ2n) is 27.2. The number of alkyl carbamates (subject to hydrolysis) is 2. The summed E-state index contributed by atoms with van der Waals surface area (Å²) in [6, 6.07) is 2.68. The van der Waals surface area contributed by atoms with Gasteiger partial charge in [-0.1, -0.05) is 52.0 Å². The molecule has 34 heteroatoms. The van der Waals surface area contributed by atoms with Crippen molar-refractivity contribution in [2.24, 2.45) is 10.8 Å². The molecule has 0 spiro atoms. The van der Waals surface area contributed by atoms with E-state index < -0.39 is 70.2 Å². The summed E-state index contributed by atoms with van der Waals surface area (Å²) in [5.41, 5.74) is -0.481. The zero-order chi connectivity index (χ0) is 84.8. The minimum Gasteiger partial charge on any atom is -0.469 e. The number of esters is 2. The number of carbonyl (C=O) groups excluding carboxylic acids is 6. The van der Waals surface area contributed by atoms with Crippen LogP contribution in [0.2, 0.25) is 24.2 Å². The number of hydrogen-bond donors (Lipinski definition) is 2. The molecule has 2 N–H and O–H groups in total. The summed E-state index contributed by atoms with van der Waals surface area (Å²) >= 11 is 0. The third-order valence-electron chi connectivity index (χ3n) is 17.3. The van der Waals surface area contributed by atoms with Crippen molar-refractivity contribution in [1.29, 1.82) is 0 Å². The average Bonchev–Trinajstić information content (AvgIpc) is 0.843. The van der Waals surface area contributed by atoms with Crippen molar-refractivity contribution in [3.05, 3.63) is 24.3 Å². The maximum atomic E-state index is 13.4. The van der Waals surface area contributed by atoms with Crippen molar-refractivity contribution in [3.63, 3.8) is 0 Å². The molecule has 0 radical (unpaired) electrons. The van der Waals surface area contributed by atoms with Gasteiger partial charge >= 0.3 is 59.3 Å². The molecule has 0 aliphatic heterocycles. The van der Waals surface area contributed by atoms with E-state index >= 15 is 0 Å². The third-order valence-corrected chi connectivity index (χ3v) is 29.9. The van der Waals surface area contributed by atoms with Crippen molar-refractivity contribution in [1.82, 2.24) is 20.4 Å². The Kier molecular flexibility index (Phi) is 66.7. The van der Waals surface area contributed by atoms with Gasteiger partial charge in [-0.2, -0.15) is 0 Å². The smallest absolute Gasteiger partial charge is 0.469 e. The first kappa shape index (κ1) is 112. The Bertz CT molecular complexity index is 2200. The number of nitrogens with zero attached hydrogens (tertiary/aromatic N) is 2. The number of methoxy groups -OCH3 is 2. The molecule has 0 saturated heterocycles. The van der Waals surface area contributed by atoms with Crippen molar-refractivity contribution in [2.75, 3.05) is 159 Å². The highest BCUT2D eigenvalue weighted by atomic mass is 28.4. The van der Waals surface area contributed by atoms with Gasteiger partial charge < -0.3 is 92.5 Å². The van der Waals surface area contributed by atoms with E-state index in [0.717, 1.165) is 36.8 Å². The fourth-order valence-electron chi connectivity index (χ4n) is 10.5. The fourth-order valence-corrected chi connectivity index (χ4v) is 20.9. The predicted molar refractivity (Wildman–Crippen MR) is 435 cm³/mol. The Morgan fingerprint density at radius 3 is 0.791 bits per heavy atom. The van der Waals surface area contributed by atoms with Crippen LogP contribution >= 0.6 is 0 Å². The first-order valence-corrected chi connectivity index (χ1v) is 47.8. The highest BCUT2D eigenvalue weighted by molar-refractivity contribution is 6.61. The van der Waals surface area contributed by atoms with E-state index in [2.05, 4.69) is 74.8 Å². The lowest BCUT2D eigenvalue weighted by Crippen LogP contribution is -2.50. The maximum absolute atomic E-state index is 13.4. The van der Waals surface area contributed by atoms with Crippen LogP contribution in [0.3, 0.4) is 0 Å². The Labute approximate surface area is 668 Å². The predicted octanol–water partition coefficient (Wildman–Crippen LogP) is 14.2. The number of rotatable bonds is 64. The van der Waals surface area contributed by atoms with E-state index in [-0.39, 0.29) is 62.4 Å². The van der Waals surface area contributed by atoms with Gasteiger partial charge in [0.25, 0.3) is 0 Å². The summed E-state index contributed by atoms with van der Waals surface area (Å²) in [7, 11) is -8.33. The molecule has 0 aliphatic carbocycles. The molecule has 652 valence electrons. The first-order valence-electron chi connectivity index (χ1n) is 40.0. The van der Waals surface area contributed by atoms with Gasteiger partial charge in [-0.15, -0.1) is 0 Å². The van der Waals surface area contributed by atoms with Crippen LogP contribution in [-0.4, -0.2) is 251 Å². The molecule has 30 nitrogen and oxygen atoms in total. The molecule has 0 aromatic heterocycles. The molecular weight excluding hydrogens is 1500 g/mol. The fraction of sp³-hybridized carbons (Fsp3) is 0.868. The molecular formula is C76H156N4O26Si4. The molecule has 0 bridgehead atoms. The van der Waals surface area contributed by atoms with Crippen LogP contribution in [-0.2, 0) is 111 Å². The Hall–Kier alpha value is -3.87. The molecule has 110 heavy (non-hydrogen) atoms. The highest BCUT2D eigenvalue weighted by Crippen LogP contribution is 2.30. The summed E-state index contributed by atoms with van der Waals surface area (Å²) in [6.45, 7) is 63.4. The summed E-state index contributed by atoms with van der Waals surface area (Å²) in [5, 5.41) is 4.97. The maximum Gasteiger partial charge on any atom is 0.500 e. The summed E-state index contributed by atoms with van der Waals surface area (Å²) in [4.78, 5) is 96.1. The summed E-state index contributed by atoms with van der Waals surface area (Å²) in [6.07, 6.45) is 5.30. The molecule has 0 heterocycles. The molecule has 0 aromatic rings. The summed E-state index contributed by atoms with van der Waals surface area (Å²) in [5.74, 6) is -0.518. The number of amides is 4. The molecule has 0 saturated carbocycles. The lowest BCUT2D eigenvalue weighted by atomic mass is 9.89. The zero-order valence-corrected chi connectivity index (χ0v) is 77.4. The van der Waals surface area contributed by atoms with Crippen LogP contribution in [0.5, 0.6) is 0 Å². The third kappa shape index (κ3) is 49.1. The molecule has 0 rings (SSSR count). The standard InChI is InChI=1S/2C24H53NO7Si2.2C14H25NO6/c2*1-10-24(8,9)25(20-18-22-34(30-14-5,31-15-6)32-16-7)23(26)19-17-21-33(27-11-2,28-12-3)29-13-4;2*1-6-14(4,12(16)18-5)10-19-13(17)15-7-8-20-21-9-11(2)3/h2*10-22H2,1-9H3;2*2,6-10H2,1,3-5H3,(H,15,17). The first-order chi connectivity index (χ1) is 52.0. The topological polar surface area (TPSA) is 318 Å². The van der Waals surface area contributed by atoms with Gasteiger partial charge in [0.15, 0.2) is 0 Å². The van der Waals surface area contributed by atoms with Crippen LogP contribution in [0.4, 0.5) is 9.59 Å². The number of carbonyl (C=O) groups is 6. The number of hydrogen-bond acceptors (Lipinski definition) is 26. The van der Waals surface area contributed by atoms with Gasteiger partial charge in [-0.25, -0.2) is 29.1 Å². The monoisotopic (exact) mass is 1650 g/mol. The van der Waals surface area contributed by atoms with E-state index in [4.69, 9.17) is 82.1 Å². The van der Waals surface area contributed by atoms with Gasteiger partial charge in [0.1, 0.15) is 26.4 Å².